The molecule has 0 radical (unpaired) electrons. The number of nitrogens with zero attached hydrogens (tertiary/aromatic N) is 2. The van der Waals surface area contributed by atoms with E-state index >= 15 is 0 Å². The Morgan fingerprint density at radius 2 is 1.53 bits per heavy atom. The first kappa shape index (κ1) is 22.3. The van der Waals surface area contributed by atoms with E-state index in [-0.39, 0.29) is 5.69 Å². The number of rotatable bonds is 5. The zero-order chi connectivity index (χ0) is 21.9. The second kappa shape index (κ2) is 8.75. The van der Waals surface area contributed by atoms with Gasteiger partial charge in [0.2, 0.25) is 10.0 Å². The molecule has 0 aliphatic carbocycles. The van der Waals surface area contributed by atoms with Gasteiger partial charge < -0.3 is 5.32 Å². The number of amides is 1. The van der Waals surface area contributed by atoms with Crippen molar-refractivity contribution in [2.45, 2.75) is 12.7 Å². The van der Waals surface area contributed by atoms with Gasteiger partial charge in [-0.05, 0) is 42.0 Å². The van der Waals surface area contributed by atoms with Gasteiger partial charge in [0.05, 0.1) is 11.8 Å². The van der Waals surface area contributed by atoms with Gasteiger partial charge in [-0.2, -0.15) is 17.5 Å². The maximum absolute atomic E-state index is 12.6. The Morgan fingerprint density at radius 1 is 0.967 bits per heavy atom. The molecule has 0 atom stereocenters. The molecule has 0 unspecified atom stereocenters. The van der Waals surface area contributed by atoms with Gasteiger partial charge in [-0.25, -0.2) is 8.42 Å². The van der Waals surface area contributed by atoms with Gasteiger partial charge in [-0.3, -0.25) is 9.69 Å². The van der Waals surface area contributed by atoms with E-state index in [9.17, 15) is 26.4 Å². The van der Waals surface area contributed by atoms with Crippen LogP contribution in [0.2, 0.25) is 0 Å². The fourth-order valence-electron chi connectivity index (χ4n) is 3.18. The van der Waals surface area contributed by atoms with Crippen LogP contribution in [0.3, 0.4) is 0 Å². The van der Waals surface area contributed by atoms with Crippen molar-refractivity contribution in [1.82, 2.24) is 9.21 Å². The summed E-state index contributed by atoms with van der Waals surface area (Å²) in [5.41, 5.74) is 0.873. The van der Waals surface area contributed by atoms with E-state index < -0.39 is 27.7 Å². The third-order valence-corrected chi connectivity index (χ3v) is 6.20. The monoisotopic (exact) mass is 441 g/mol. The van der Waals surface area contributed by atoms with Crippen LogP contribution >= 0.6 is 0 Å². The van der Waals surface area contributed by atoms with Crippen LogP contribution in [-0.2, 0) is 22.7 Å². The lowest BCUT2D eigenvalue weighted by Gasteiger charge is -2.33. The van der Waals surface area contributed by atoms with Crippen molar-refractivity contribution in [1.29, 1.82) is 0 Å². The van der Waals surface area contributed by atoms with Gasteiger partial charge in [-0.15, -0.1) is 0 Å². The maximum Gasteiger partial charge on any atom is 0.416 e. The van der Waals surface area contributed by atoms with Gasteiger partial charge in [0.15, 0.2) is 0 Å². The molecule has 2 aromatic rings. The minimum Gasteiger partial charge on any atom is -0.322 e. The molecule has 0 saturated carbocycles. The number of sulfonamides is 1. The molecular weight excluding hydrogens is 419 g/mol. The Balaban J connectivity index is 1.54. The molecule has 1 N–H and O–H groups in total. The molecule has 1 saturated heterocycles. The van der Waals surface area contributed by atoms with Gasteiger partial charge in [-0.1, -0.05) is 12.1 Å². The van der Waals surface area contributed by atoms with Crippen molar-refractivity contribution in [3.8, 4) is 0 Å². The average Bonchev–Trinajstić information content (AvgIpc) is 2.68. The molecule has 30 heavy (non-hydrogen) atoms. The fraction of sp³-hybridized carbons (Fsp3) is 0.350. The number of piperazine rings is 1. The average molecular weight is 441 g/mol. The first-order valence-corrected chi connectivity index (χ1v) is 11.1. The number of hydrogen-bond acceptors (Lipinski definition) is 4. The zero-order valence-corrected chi connectivity index (χ0v) is 17.1. The second-order valence-electron chi connectivity index (χ2n) is 7.16. The smallest absolute Gasteiger partial charge is 0.322 e. The Kier molecular flexibility index (Phi) is 6.49. The highest BCUT2D eigenvalue weighted by Gasteiger charge is 2.30. The van der Waals surface area contributed by atoms with Gasteiger partial charge in [0.1, 0.15) is 0 Å². The van der Waals surface area contributed by atoms with E-state index in [1.54, 1.807) is 12.1 Å². The van der Waals surface area contributed by atoms with Crippen molar-refractivity contribution in [3.63, 3.8) is 0 Å². The third-order valence-electron chi connectivity index (χ3n) is 4.89. The Hall–Kier alpha value is -2.43. The lowest BCUT2D eigenvalue weighted by molar-refractivity contribution is -0.137. The second-order valence-corrected chi connectivity index (χ2v) is 9.15. The largest absolute Gasteiger partial charge is 0.416 e. The summed E-state index contributed by atoms with van der Waals surface area (Å²) in [7, 11) is -3.17. The summed E-state index contributed by atoms with van der Waals surface area (Å²) in [5.74, 6) is -0.414. The summed E-state index contributed by atoms with van der Waals surface area (Å²) < 4.78 is 62.4. The summed E-state index contributed by atoms with van der Waals surface area (Å²) in [6.07, 6.45) is -3.22. The maximum atomic E-state index is 12.6. The predicted octanol–water partition coefficient (Wildman–Crippen LogP) is 3.03. The van der Waals surface area contributed by atoms with E-state index in [1.807, 2.05) is 12.1 Å². The summed E-state index contributed by atoms with van der Waals surface area (Å²) in [4.78, 5) is 14.5. The zero-order valence-electron chi connectivity index (χ0n) is 16.3. The Bertz CT molecular complexity index is 983. The number of alkyl halides is 3. The Morgan fingerprint density at radius 3 is 2.03 bits per heavy atom. The molecule has 2 aromatic carbocycles. The van der Waals surface area contributed by atoms with Crippen molar-refractivity contribution < 1.29 is 26.4 Å². The summed E-state index contributed by atoms with van der Waals surface area (Å²) in [6, 6.07) is 11.2. The molecule has 1 fully saturated rings. The molecule has 162 valence electrons. The number of carbonyl (C=O) groups is 1. The summed E-state index contributed by atoms with van der Waals surface area (Å²) >= 11 is 0. The SMILES string of the molecule is CS(=O)(=O)N1CCN(Cc2ccc(C(=O)Nc3ccc(C(F)(F)F)cc3)cc2)CC1. The molecule has 0 spiro atoms. The summed E-state index contributed by atoms with van der Waals surface area (Å²) in [6.45, 7) is 2.80. The van der Waals surface area contributed by atoms with Crippen LogP contribution in [-0.4, -0.2) is 56.0 Å². The minimum atomic E-state index is -4.42. The molecule has 0 bridgehead atoms. The topological polar surface area (TPSA) is 69.7 Å². The Labute approximate surface area is 173 Å². The normalized spacial score (nSPS) is 16.4. The van der Waals surface area contributed by atoms with E-state index in [0.29, 0.717) is 38.3 Å². The van der Waals surface area contributed by atoms with Gasteiger partial charge >= 0.3 is 6.18 Å². The van der Waals surface area contributed by atoms with Gasteiger partial charge in [0, 0.05) is 44.0 Å². The molecule has 1 heterocycles. The molecule has 10 heteroatoms. The minimum absolute atomic E-state index is 0.279. The fourth-order valence-corrected chi connectivity index (χ4v) is 4.01. The molecular formula is C20H22F3N3O3S. The van der Waals surface area contributed by atoms with E-state index in [1.165, 1.54) is 22.7 Å². The van der Waals surface area contributed by atoms with Crippen LogP contribution in [0.25, 0.3) is 0 Å². The molecule has 6 nitrogen and oxygen atoms in total. The number of hydrogen-bond donors (Lipinski definition) is 1. The lowest BCUT2D eigenvalue weighted by Crippen LogP contribution is -2.47. The van der Waals surface area contributed by atoms with E-state index in [2.05, 4.69) is 10.2 Å². The van der Waals surface area contributed by atoms with Crippen molar-refractivity contribution in [2.24, 2.45) is 0 Å². The molecule has 0 aromatic heterocycles. The number of nitrogens with one attached hydrogen (secondary N) is 1. The van der Waals surface area contributed by atoms with Crippen LogP contribution in [0.5, 0.6) is 0 Å². The highest BCUT2D eigenvalue weighted by molar-refractivity contribution is 7.88. The number of benzene rings is 2. The van der Waals surface area contributed by atoms with E-state index in [4.69, 9.17) is 0 Å². The van der Waals surface area contributed by atoms with Crippen molar-refractivity contribution >= 4 is 21.6 Å². The first-order chi connectivity index (χ1) is 14.0. The first-order valence-electron chi connectivity index (χ1n) is 9.27. The van der Waals surface area contributed by atoms with Crippen LogP contribution in [0, 0.1) is 0 Å². The van der Waals surface area contributed by atoms with Crippen molar-refractivity contribution in [3.05, 3.63) is 65.2 Å². The molecule has 3 rings (SSSR count). The standard InChI is InChI=1S/C20H22F3N3O3S/c1-30(28,29)26-12-10-25(11-13-26)14-15-2-4-16(5-3-15)19(27)24-18-8-6-17(7-9-18)20(21,22)23/h2-9H,10-14H2,1H3,(H,24,27). The predicted molar refractivity (Wildman–Crippen MR) is 108 cm³/mol. The lowest BCUT2D eigenvalue weighted by atomic mass is 10.1. The summed E-state index contributed by atoms with van der Waals surface area (Å²) in [5, 5.41) is 2.58. The van der Waals surface area contributed by atoms with Crippen LogP contribution in [0.1, 0.15) is 21.5 Å². The molecule has 1 amide bonds. The number of halogens is 3. The van der Waals surface area contributed by atoms with Crippen LogP contribution < -0.4 is 5.32 Å². The van der Waals surface area contributed by atoms with Crippen molar-refractivity contribution in [2.75, 3.05) is 37.8 Å². The van der Waals surface area contributed by atoms with Crippen LogP contribution in [0.15, 0.2) is 48.5 Å². The highest BCUT2D eigenvalue weighted by atomic mass is 32.2. The molecule has 1 aliphatic rings. The quantitative estimate of drug-likeness (QED) is 0.775. The van der Waals surface area contributed by atoms with Crippen LogP contribution in [0.4, 0.5) is 18.9 Å². The van der Waals surface area contributed by atoms with E-state index in [0.717, 1.165) is 17.7 Å². The highest BCUT2D eigenvalue weighted by Crippen LogP contribution is 2.29. The third kappa shape index (κ3) is 5.80. The molecule has 1 aliphatic heterocycles. The number of carbonyl (C=O) groups excluding carboxylic acids is 1. The number of anilines is 1. The van der Waals surface area contributed by atoms with Gasteiger partial charge in [0.25, 0.3) is 5.91 Å².